The summed E-state index contributed by atoms with van der Waals surface area (Å²) in [5, 5.41) is 6.20. The maximum atomic E-state index is 11.3. The Morgan fingerprint density at radius 2 is 1.89 bits per heavy atom. The van der Waals surface area contributed by atoms with Gasteiger partial charge in [-0.2, -0.15) is 0 Å². The van der Waals surface area contributed by atoms with Crippen LogP contribution in [-0.2, 0) is 4.79 Å². The number of nitrogens with one attached hydrogen (secondary N) is 2. The summed E-state index contributed by atoms with van der Waals surface area (Å²) in [5.74, 6) is 1.20. The van der Waals surface area contributed by atoms with E-state index in [-0.39, 0.29) is 5.91 Å². The summed E-state index contributed by atoms with van der Waals surface area (Å²) in [6, 6.07) is 10.6. The second-order valence-electron chi connectivity index (χ2n) is 5.17. The topological polar surface area (TPSA) is 41.1 Å². The van der Waals surface area contributed by atoms with Gasteiger partial charge in [0.05, 0.1) is 0 Å². The van der Waals surface area contributed by atoms with Crippen molar-refractivity contribution in [2.75, 3.05) is 19.6 Å². The maximum Gasteiger partial charge on any atom is 0.221 e. The highest BCUT2D eigenvalue weighted by molar-refractivity contribution is 5.75. The lowest BCUT2D eigenvalue weighted by Gasteiger charge is -2.22. The highest BCUT2D eigenvalue weighted by Crippen LogP contribution is 2.23. The number of benzene rings is 1. The monoisotopic (exact) mass is 262 g/mol. The van der Waals surface area contributed by atoms with Gasteiger partial charge in [0.1, 0.15) is 0 Å². The largest absolute Gasteiger partial charge is 0.356 e. The molecule has 0 bridgehead atoms. The fourth-order valence-corrected chi connectivity index (χ4v) is 2.18. The number of amides is 1. The van der Waals surface area contributed by atoms with Crippen molar-refractivity contribution in [3.63, 3.8) is 0 Å². The van der Waals surface area contributed by atoms with E-state index in [9.17, 15) is 4.79 Å². The summed E-state index contributed by atoms with van der Waals surface area (Å²) in [5.41, 5.74) is 1.36. The summed E-state index contributed by atoms with van der Waals surface area (Å²) in [7, 11) is 0. The predicted octanol–water partition coefficient (Wildman–Crippen LogP) is 2.54. The lowest BCUT2D eigenvalue weighted by Crippen LogP contribution is -2.30. The van der Waals surface area contributed by atoms with Gasteiger partial charge in [0, 0.05) is 26.1 Å². The van der Waals surface area contributed by atoms with Gasteiger partial charge >= 0.3 is 0 Å². The lowest BCUT2D eigenvalue weighted by atomic mass is 9.88. The number of hydrogen-bond acceptors (Lipinski definition) is 2. The molecule has 0 aromatic heterocycles. The van der Waals surface area contributed by atoms with Crippen LogP contribution in [0, 0.1) is 5.92 Å². The molecule has 106 valence electrons. The van der Waals surface area contributed by atoms with Gasteiger partial charge in [-0.1, -0.05) is 44.2 Å². The normalized spacial score (nSPS) is 12.4. The van der Waals surface area contributed by atoms with E-state index in [4.69, 9.17) is 0 Å². The van der Waals surface area contributed by atoms with Crippen molar-refractivity contribution in [3.8, 4) is 0 Å². The molecule has 1 atom stereocenters. The van der Waals surface area contributed by atoms with Gasteiger partial charge in [0.25, 0.3) is 0 Å². The van der Waals surface area contributed by atoms with E-state index in [1.54, 1.807) is 0 Å². The quantitative estimate of drug-likeness (QED) is 0.707. The van der Waals surface area contributed by atoms with Crippen LogP contribution in [0.15, 0.2) is 30.3 Å². The van der Waals surface area contributed by atoms with Gasteiger partial charge in [0.2, 0.25) is 5.91 Å². The molecule has 0 saturated heterocycles. The summed E-state index contributed by atoms with van der Waals surface area (Å²) in [4.78, 5) is 11.3. The van der Waals surface area contributed by atoms with E-state index in [0.717, 1.165) is 13.1 Å². The van der Waals surface area contributed by atoms with E-state index in [2.05, 4.69) is 48.7 Å². The first kappa shape index (κ1) is 15.7. The van der Waals surface area contributed by atoms with Gasteiger partial charge < -0.3 is 10.6 Å². The van der Waals surface area contributed by atoms with E-state index < -0.39 is 0 Å². The predicted molar refractivity (Wildman–Crippen MR) is 80.2 cm³/mol. The number of carbonyl (C=O) groups excluding carboxylic acids is 1. The smallest absolute Gasteiger partial charge is 0.221 e. The van der Waals surface area contributed by atoms with Crippen molar-refractivity contribution in [3.05, 3.63) is 35.9 Å². The second-order valence-corrected chi connectivity index (χ2v) is 5.17. The fourth-order valence-electron chi connectivity index (χ4n) is 2.18. The first-order valence-electron chi connectivity index (χ1n) is 7.17. The third-order valence-corrected chi connectivity index (χ3v) is 3.30. The lowest BCUT2D eigenvalue weighted by molar-refractivity contribution is -0.120. The Balaban J connectivity index is 2.38. The van der Waals surface area contributed by atoms with Crippen molar-refractivity contribution in [1.82, 2.24) is 10.6 Å². The van der Waals surface area contributed by atoms with Crippen LogP contribution in [0.25, 0.3) is 0 Å². The standard InChI is InChI=1S/C16H26N2O/c1-4-18-16(19)10-11-17-12-15(13(2)3)14-8-6-5-7-9-14/h5-9,13,15,17H,4,10-12H2,1-3H3,(H,18,19). The van der Waals surface area contributed by atoms with Crippen LogP contribution in [0.5, 0.6) is 0 Å². The van der Waals surface area contributed by atoms with Gasteiger partial charge in [-0.25, -0.2) is 0 Å². The van der Waals surface area contributed by atoms with Crippen molar-refractivity contribution in [2.45, 2.75) is 33.1 Å². The molecular formula is C16H26N2O. The van der Waals surface area contributed by atoms with Gasteiger partial charge in [-0.15, -0.1) is 0 Å². The molecule has 0 saturated carbocycles. The van der Waals surface area contributed by atoms with Crippen molar-refractivity contribution in [2.24, 2.45) is 5.92 Å². The molecule has 0 spiro atoms. The average Bonchev–Trinajstić information content (AvgIpc) is 2.39. The third-order valence-electron chi connectivity index (χ3n) is 3.30. The summed E-state index contributed by atoms with van der Waals surface area (Å²) < 4.78 is 0. The molecule has 19 heavy (non-hydrogen) atoms. The Hall–Kier alpha value is -1.35. The Bertz CT molecular complexity index is 362. The Kier molecular flexibility index (Phi) is 7.19. The molecular weight excluding hydrogens is 236 g/mol. The summed E-state index contributed by atoms with van der Waals surface area (Å²) in [6.45, 7) is 8.78. The molecule has 0 radical (unpaired) electrons. The molecule has 1 unspecified atom stereocenters. The molecule has 1 aromatic carbocycles. The zero-order chi connectivity index (χ0) is 14.1. The van der Waals surface area contributed by atoms with Crippen LogP contribution in [0.1, 0.15) is 38.7 Å². The minimum absolute atomic E-state index is 0.121. The maximum absolute atomic E-state index is 11.3. The third kappa shape index (κ3) is 5.88. The summed E-state index contributed by atoms with van der Waals surface area (Å²) in [6.07, 6.45) is 0.549. The molecule has 0 aliphatic heterocycles. The van der Waals surface area contributed by atoms with Gasteiger partial charge in [0.15, 0.2) is 0 Å². The summed E-state index contributed by atoms with van der Waals surface area (Å²) >= 11 is 0. The second kappa shape index (κ2) is 8.70. The van der Waals surface area contributed by atoms with Crippen LogP contribution < -0.4 is 10.6 Å². The molecule has 2 N–H and O–H groups in total. The van der Waals surface area contributed by atoms with Gasteiger partial charge in [-0.3, -0.25) is 4.79 Å². The average molecular weight is 262 g/mol. The van der Waals surface area contributed by atoms with Crippen LogP contribution in [0.4, 0.5) is 0 Å². The molecule has 1 rings (SSSR count). The minimum atomic E-state index is 0.121. The molecule has 1 aromatic rings. The number of hydrogen-bond donors (Lipinski definition) is 2. The highest BCUT2D eigenvalue weighted by atomic mass is 16.1. The Morgan fingerprint density at radius 3 is 2.47 bits per heavy atom. The van der Waals surface area contributed by atoms with Crippen molar-refractivity contribution >= 4 is 5.91 Å². The zero-order valence-corrected chi connectivity index (χ0v) is 12.3. The van der Waals surface area contributed by atoms with Crippen LogP contribution >= 0.6 is 0 Å². The van der Waals surface area contributed by atoms with E-state index in [1.807, 2.05) is 13.0 Å². The molecule has 0 aliphatic rings. The first-order chi connectivity index (χ1) is 9.15. The van der Waals surface area contributed by atoms with Crippen molar-refractivity contribution in [1.29, 1.82) is 0 Å². The first-order valence-corrected chi connectivity index (χ1v) is 7.17. The van der Waals surface area contributed by atoms with Crippen molar-refractivity contribution < 1.29 is 4.79 Å². The Morgan fingerprint density at radius 1 is 1.21 bits per heavy atom. The number of rotatable bonds is 8. The molecule has 0 fully saturated rings. The van der Waals surface area contributed by atoms with Crippen LogP contribution in [0.3, 0.4) is 0 Å². The zero-order valence-electron chi connectivity index (χ0n) is 12.3. The number of carbonyl (C=O) groups is 1. The van der Waals surface area contributed by atoms with Crippen LogP contribution in [0.2, 0.25) is 0 Å². The van der Waals surface area contributed by atoms with Gasteiger partial charge in [-0.05, 0) is 24.3 Å². The van der Waals surface area contributed by atoms with Crippen LogP contribution in [-0.4, -0.2) is 25.5 Å². The molecule has 3 heteroatoms. The fraction of sp³-hybridized carbons (Fsp3) is 0.562. The molecule has 0 heterocycles. The minimum Gasteiger partial charge on any atom is -0.356 e. The molecule has 1 amide bonds. The molecule has 3 nitrogen and oxygen atoms in total. The Labute approximate surface area is 116 Å². The van der Waals surface area contributed by atoms with E-state index >= 15 is 0 Å². The van der Waals surface area contributed by atoms with E-state index in [1.165, 1.54) is 5.56 Å². The molecule has 0 aliphatic carbocycles. The highest BCUT2D eigenvalue weighted by Gasteiger charge is 2.14. The SMILES string of the molecule is CCNC(=O)CCNCC(c1ccccc1)C(C)C. The van der Waals surface area contributed by atoms with E-state index in [0.29, 0.717) is 24.8 Å².